The summed E-state index contributed by atoms with van der Waals surface area (Å²) in [5.41, 5.74) is 1.72. The first kappa shape index (κ1) is 16.1. The van der Waals surface area contributed by atoms with E-state index in [4.69, 9.17) is 0 Å². The summed E-state index contributed by atoms with van der Waals surface area (Å²) in [5, 5.41) is 0. The SMILES string of the molecule is C1=CC[N]2C(=C1)C1CCCC[N]1[Pb]21[N]2CCCCC2C2CCCC[N]21. The van der Waals surface area contributed by atoms with Crippen LogP contribution in [-0.4, -0.2) is 77.5 Å². The zero-order chi connectivity index (χ0) is 16.4. The van der Waals surface area contributed by atoms with Crippen molar-refractivity contribution in [2.24, 2.45) is 0 Å². The Morgan fingerprint density at radius 2 is 1.40 bits per heavy atom. The second kappa shape index (κ2) is 6.04. The Bertz CT molecular complexity index is 595. The summed E-state index contributed by atoms with van der Waals surface area (Å²) in [6, 6.07) is 2.54. The molecule has 0 radical (unpaired) electrons. The Labute approximate surface area is 158 Å². The van der Waals surface area contributed by atoms with Crippen molar-refractivity contribution in [1.82, 2.24) is 10.8 Å². The second-order valence-electron chi connectivity index (χ2n) is 8.95. The van der Waals surface area contributed by atoms with Crippen molar-refractivity contribution >= 4 is 22.4 Å². The van der Waals surface area contributed by atoms with E-state index in [-0.39, 0.29) is 0 Å². The standard InChI is InChI=1S/C10H18N2.C10H14N2.Pb/c2*1-3-7-11-9(5-1)10-6-2-4-8-12-10;/h9-10H,1-8H2;1,3,5,10H,2,4,6-8H2;/q2*-2;+4. The fourth-order valence-corrected chi connectivity index (χ4v) is 32.0. The van der Waals surface area contributed by atoms with Crippen molar-refractivity contribution < 1.29 is 0 Å². The van der Waals surface area contributed by atoms with E-state index in [0.29, 0.717) is 0 Å². The van der Waals surface area contributed by atoms with Crippen LogP contribution in [0.15, 0.2) is 23.9 Å². The molecular weight excluding hydrogens is 503 g/mol. The van der Waals surface area contributed by atoms with Crippen molar-refractivity contribution in [1.29, 1.82) is 0 Å². The van der Waals surface area contributed by atoms with Gasteiger partial charge in [0.25, 0.3) is 0 Å². The molecule has 25 heavy (non-hydrogen) atoms. The number of hydrogen-bond donors (Lipinski definition) is 0. The minimum absolute atomic E-state index is 0.753. The van der Waals surface area contributed by atoms with Gasteiger partial charge in [0.15, 0.2) is 0 Å². The molecule has 3 unspecified atom stereocenters. The molecule has 5 fully saturated rings. The van der Waals surface area contributed by atoms with Gasteiger partial charge in [0.2, 0.25) is 0 Å². The van der Waals surface area contributed by atoms with E-state index < -0.39 is 22.4 Å². The fourth-order valence-electron chi connectivity index (χ4n) is 7.13. The molecule has 0 N–H and O–H groups in total. The molecule has 4 nitrogen and oxygen atoms in total. The average Bonchev–Trinajstić information content (AvgIpc) is 3.16. The minimum atomic E-state index is -3.09. The Hall–Kier alpha value is 0.0821. The Kier molecular flexibility index (Phi) is 3.88. The molecule has 0 saturated carbocycles. The van der Waals surface area contributed by atoms with E-state index in [0.717, 1.165) is 18.1 Å². The summed E-state index contributed by atoms with van der Waals surface area (Å²) in [7, 11) is 0. The van der Waals surface area contributed by atoms with Gasteiger partial charge < -0.3 is 0 Å². The molecule has 5 heteroatoms. The van der Waals surface area contributed by atoms with Crippen molar-refractivity contribution in [3.05, 3.63) is 23.9 Å². The summed E-state index contributed by atoms with van der Waals surface area (Å²) >= 11 is -3.09. The summed E-state index contributed by atoms with van der Waals surface area (Å²) < 4.78 is 12.6. The Morgan fingerprint density at radius 1 is 0.760 bits per heavy atom. The third-order valence-electron chi connectivity index (χ3n) is 7.91. The second-order valence-corrected chi connectivity index (χ2v) is 22.4. The summed E-state index contributed by atoms with van der Waals surface area (Å²) in [5.74, 6) is 0. The van der Waals surface area contributed by atoms with Gasteiger partial charge in [-0.05, 0) is 0 Å². The molecule has 0 bridgehead atoms. The monoisotopic (exact) mass is 536 g/mol. The van der Waals surface area contributed by atoms with Gasteiger partial charge in [-0.2, -0.15) is 0 Å². The van der Waals surface area contributed by atoms with Crippen LogP contribution in [0.3, 0.4) is 0 Å². The normalized spacial score (nSPS) is 44.4. The van der Waals surface area contributed by atoms with Gasteiger partial charge in [-0.15, -0.1) is 0 Å². The van der Waals surface area contributed by atoms with Crippen LogP contribution in [0.25, 0.3) is 0 Å². The van der Waals surface area contributed by atoms with Crippen LogP contribution >= 0.6 is 0 Å². The number of rotatable bonds is 0. The van der Waals surface area contributed by atoms with Crippen molar-refractivity contribution in [2.45, 2.75) is 75.9 Å². The fraction of sp³-hybridized carbons (Fsp3) is 0.800. The molecule has 136 valence electrons. The maximum atomic E-state index is 3.20. The summed E-state index contributed by atoms with van der Waals surface area (Å²) in [4.78, 5) is 0. The molecule has 6 heterocycles. The number of hydrogen-bond acceptors (Lipinski definition) is 4. The van der Waals surface area contributed by atoms with Crippen LogP contribution in [-0.2, 0) is 0 Å². The summed E-state index contributed by atoms with van der Waals surface area (Å²) in [6.45, 7) is 5.38. The Balaban J connectivity index is 1.53. The molecule has 6 aliphatic rings. The first-order chi connectivity index (χ1) is 12.4. The zero-order valence-electron chi connectivity index (χ0n) is 15.4. The van der Waals surface area contributed by atoms with Gasteiger partial charge in [0, 0.05) is 0 Å². The van der Waals surface area contributed by atoms with Crippen LogP contribution in [0.2, 0.25) is 0 Å². The van der Waals surface area contributed by atoms with Crippen LogP contribution in [0.4, 0.5) is 0 Å². The van der Waals surface area contributed by atoms with E-state index in [2.05, 4.69) is 29.1 Å². The molecule has 0 amide bonds. The van der Waals surface area contributed by atoms with Gasteiger partial charge in [-0.1, -0.05) is 0 Å². The molecule has 0 aromatic carbocycles. The number of allylic oxidation sites excluding steroid dienone is 2. The molecule has 5 saturated heterocycles. The van der Waals surface area contributed by atoms with Crippen molar-refractivity contribution in [3.8, 4) is 0 Å². The zero-order valence-corrected chi connectivity index (χ0v) is 19.3. The molecule has 0 aliphatic carbocycles. The van der Waals surface area contributed by atoms with Crippen molar-refractivity contribution in [3.63, 3.8) is 0 Å². The molecule has 0 aromatic heterocycles. The molecule has 0 aromatic rings. The van der Waals surface area contributed by atoms with Gasteiger partial charge in [0.1, 0.15) is 0 Å². The van der Waals surface area contributed by atoms with E-state index in [1.807, 2.05) is 0 Å². The predicted octanol–water partition coefficient (Wildman–Crippen LogP) is 2.77. The maximum absolute atomic E-state index is 3.20. The summed E-state index contributed by atoms with van der Waals surface area (Å²) in [6.07, 6.45) is 20.4. The topological polar surface area (TPSA) is 13.0 Å². The average molecular weight is 536 g/mol. The predicted molar refractivity (Wildman–Crippen MR) is 103 cm³/mol. The third kappa shape index (κ3) is 2.03. The molecule has 3 atom stereocenters. The van der Waals surface area contributed by atoms with E-state index in [1.54, 1.807) is 5.70 Å². The van der Waals surface area contributed by atoms with Crippen LogP contribution < -0.4 is 0 Å². The third-order valence-corrected chi connectivity index (χ3v) is 27.8. The molecule has 6 aliphatic heterocycles. The van der Waals surface area contributed by atoms with Gasteiger partial charge in [-0.25, -0.2) is 0 Å². The molecule has 1 spiro atoms. The van der Waals surface area contributed by atoms with Gasteiger partial charge >= 0.3 is 159 Å². The number of piperidine rings is 3. The van der Waals surface area contributed by atoms with Gasteiger partial charge in [-0.3, -0.25) is 0 Å². The van der Waals surface area contributed by atoms with Crippen LogP contribution in [0.5, 0.6) is 0 Å². The Morgan fingerprint density at radius 3 is 2.12 bits per heavy atom. The van der Waals surface area contributed by atoms with Crippen LogP contribution in [0, 0.1) is 0 Å². The van der Waals surface area contributed by atoms with E-state index in [1.165, 1.54) is 84.0 Å². The number of nitrogens with zero attached hydrogens (tertiary/aromatic N) is 4. The quantitative estimate of drug-likeness (QED) is 0.443. The first-order valence-corrected chi connectivity index (χ1v) is 17.8. The van der Waals surface area contributed by atoms with E-state index in [9.17, 15) is 0 Å². The van der Waals surface area contributed by atoms with Crippen LogP contribution in [0.1, 0.15) is 57.8 Å². The first-order valence-electron chi connectivity index (χ1n) is 10.9. The molecular formula is C20H32N4Pb. The van der Waals surface area contributed by atoms with Gasteiger partial charge in [0.05, 0.1) is 0 Å². The number of fused-ring (bicyclic) bond motifs is 10. The van der Waals surface area contributed by atoms with E-state index >= 15 is 0 Å². The van der Waals surface area contributed by atoms with Crippen molar-refractivity contribution in [2.75, 3.05) is 26.2 Å². The molecule has 6 rings (SSSR count).